The maximum atomic E-state index is 11.7. The largest absolute Gasteiger partial charge is 0.513 e. The van der Waals surface area contributed by atoms with Crippen LogP contribution < -0.4 is 4.74 Å². The summed E-state index contributed by atoms with van der Waals surface area (Å²) in [5.41, 5.74) is 2.58. The molecular weight excluding hydrogens is 312 g/mol. The van der Waals surface area contributed by atoms with Crippen LogP contribution in [0, 0.1) is 0 Å². The molecule has 0 N–H and O–H groups in total. The Balaban J connectivity index is 1.59. The number of unbranched alkanes of at least 4 members (excludes halogenated alkanes) is 3. The lowest BCUT2D eigenvalue weighted by Gasteiger charge is -2.07. The van der Waals surface area contributed by atoms with E-state index in [1.54, 1.807) is 0 Å². The standard InChI is InChI=1S/C22H28O3/c1-2-3-5-10-20-14-16-21(17-15-20)25-22(23)24-18-9-8-13-19-11-6-4-7-12-19/h4,6-7,11-12,14-17H,2-3,5,8-10,13,18H2,1H3. The van der Waals surface area contributed by atoms with Gasteiger partial charge in [0.25, 0.3) is 0 Å². The van der Waals surface area contributed by atoms with Crippen molar-refractivity contribution in [2.45, 2.75) is 51.9 Å². The van der Waals surface area contributed by atoms with Gasteiger partial charge in [0.15, 0.2) is 0 Å². The Bertz CT molecular complexity index is 605. The number of ether oxygens (including phenoxy) is 2. The van der Waals surface area contributed by atoms with Crippen molar-refractivity contribution in [2.75, 3.05) is 6.61 Å². The van der Waals surface area contributed by atoms with Crippen LogP contribution in [0.5, 0.6) is 5.75 Å². The highest BCUT2D eigenvalue weighted by molar-refractivity contribution is 5.63. The highest BCUT2D eigenvalue weighted by Crippen LogP contribution is 2.15. The van der Waals surface area contributed by atoms with Crippen molar-refractivity contribution in [2.24, 2.45) is 0 Å². The van der Waals surface area contributed by atoms with Crippen LogP contribution >= 0.6 is 0 Å². The molecular formula is C22H28O3. The van der Waals surface area contributed by atoms with E-state index in [0.29, 0.717) is 12.4 Å². The molecule has 2 aromatic rings. The number of hydrogen-bond donors (Lipinski definition) is 0. The topological polar surface area (TPSA) is 35.5 Å². The number of carbonyl (C=O) groups is 1. The molecule has 0 aliphatic rings. The molecule has 0 heterocycles. The third kappa shape index (κ3) is 7.88. The average molecular weight is 340 g/mol. The van der Waals surface area contributed by atoms with E-state index in [9.17, 15) is 4.79 Å². The highest BCUT2D eigenvalue weighted by atomic mass is 16.7. The second-order valence-corrected chi connectivity index (χ2v) is 6.24. The fourth-order valence-electron chi connectivity index (χ4n) is 2.66. The molecule has 25 heavy (non-hydrogen) atoms. The molecule has 2 rings (SSSR count). The Kier molecular flexibility index (Phi) is 8.60. The van der Waals surface area contributed by atoms with E-state index in [1.807, 2.05) is 42.5 Å². The van der Waals surface area contributed by atoms with Gasteiger partial charge >= 0.3 is 6.16 Å². The fraction of sp³-hybridized carbons (Fsp3) is 0.409. The Labute approximate surface area is 151 Å². The van der Waals surface area contributed by atoms with Gasteiger partial charge in [-0.15, -0.1) is 0 Å². The highest BCUT2D eigenvalue weighted by Gasteiger charge is 2.06. The molecule has 0 fully saturated rings. The summed E-state index contributed by atoms with van der Waals surface area (Å²) in [4.78, 5) is 11.7. The lowest BCUT2D eigenvalue weighted by atomic mass is 10.1. The first kappa shape index (κ1) is 19.0. The van der Waals surface area contributed by atoms with E-state index in [0.717, 1.165) is 25.7 Å². The van der Waals surface area contributed by atoms with Crippen LogP contribution in [0.1, 0.15) is 50.2 Å². The van der Waals surface area contributed by atoms with Crippen molar-refractivity contribution in [3.8, 4) is 5.75 Å². The van der Waals surface area contributed by atoms with Gasteiger partial charge in [0.2, 0.25) is 0 Å². The molecule has 134 valence electrons. The Morgan fingerprint density at radius 1 is 0.800 bits per heavy atom. The van der Waals surface area contributed by atoms with E-state index in [-0.39, 0.29) is 0 Å². The first-order valence-corrected chi connectivity index (χ1v) is 9.25. The second-order valence-electron chi connectivity index (χ2n) is 6.24. The van der Waals surface area contributed by atoms with Crippen molar-refractivity contribution in [3.63, 3.8) is 0 Å². The van der Waals surface area contributed by atoms with E-state index in [2.05, 4.69) is 19.1 Å². The number of benzene rings is 2. The van der Waals surface area contributed by atoms with Gasteiger partial charge < -0.3 is 9.47 Å². The number of carbonyl (C=O) groups excluding carboxylic acids is 1. The summed E-state index contributed by atoms with van der Waals surface area (Å²) in [6, 6.07) is 18.0. The monoisotopic (exact) mass is 340 g/mol. The quantitative estimate of drug-likeness (QED) is 0.304. The zero-order chi connectivity index (χ0) is 17.7. The molecule has 0 atom stereocenters. The van der Waals surface area contributed by atoms with Gasteiger partial charge in [-0.2, -0.15) is 0 Å². The van der Waals surface area contributed by atoms with Gasteiger partial charge in [-0.25, -0.2) is 4.79 Å². The predicted molar refractivity (Wildman–Crippen MR) is 101 cm³/mol. The molecule has 0 spiro atoms. The van der Waals surface area contributed by atoms with Crippen molar-refractivity contribution >= 4 is 6.16 Å². The summed E-state index contributed by atoms with van der Waals surface area (Å²) >= 11 is 0. The molecule has 0 amide bonds. The molecule has 3 heteroatoms. The van der Waals surface area contributed by atoms with Crippen LogP contribution in [0.3, 0.4) is 0 Å². The van der Waals surface area contributed by atoms with Crippen LogP contribution in [0.25, 0.3) is 0 Å². The lowest BCUT2D eigenvalue weighted by molar-refractivity contribution is 0.0975. The molecule has 0 aliphatic heterocycles. The molecule has 0 saturated heterocycles. The Morgan fingerprint density at radius 3 is 2.12 bits per heavy atom. The van der Waals surface area contributed by atoms with Crippen LogP contribution in [0.15, 0.2) is 54.6 Å². The average Bonchev–Trinajstić information content (AvgIpc) is 2.64. The number of aryl methyl sites for hydroxylation is 2. The van der Waals surface area contributed by atoms with Gasteiger partial charge in [-0.05, 0) is 55.4 Å². The summed E-state index contributed by atoms with van der Waals surface area (Å²) in [6.07, 6.45) is 6.93. The molecule has 0 aromatic heterocycles. The summed E-state index contributed by atoms with van der Waals surface area (Å²) in [5, 5.41) is 0. The summed E-state index contributed by atoms with van der Waals surface area (Å²) in [7, 11) is 0. The van der Waals surface area contributed by atoms with E-state index in [4.69, 9.17) is 9.47 Å². The third-order valence-corrected chi connectivity index (χ3v) is 4.12. The zero-order valence-electron chi connectivity index (χ0n) is 15.1. The third-order valence-electron chi connectivity index (χ3n) is 4.12. The normalized spacial score (nSPS) is 10.4. The van der Waals surface area contributed by atoms with Crippen molar-refractivity contribution < 1.29 is 14.3 Å². The first-order chi connectivity index (χ1) is 12.3. The SMILES string of the molecule is CCCCCc1ccc(OC(=O)OCCCCc2ccccc2)cc1. The van der Waals surface area contributed by atoms with E-state index >= 15 is 0 Å². The Hall–Kier alpha value is -2.29. The zero-order valence-corrected chi connectivity index (χ0v) is 15.1. The van der Waals surface area contributed by atoms with Gasteiger partial charge in [0.05, 0.1) is 6.61 Å². The summed E-state index contributed by atoms with van der Waals surface area (Å²) in [6.45, 7) is 2.59. The fourth-order valence-corrected chi connectivity index (χ4v) is 2.66. The van der Waals surface area contributed by atoms with Crippen molar-refractivity contribution in [3.05, 3.63) is 65.7 Å². The van der Waals surface area contributed by atoms with Gasteiger partial charge in [0.1, 0.15) is 5.75 Å². The summed E-state index contributed by atoms with van der Waals surface area (Å²) in [5.74, 6) is 0.536. The van der Waals surface area contributed by atoms with Crippen LogP contribution in [-0.4, -0.2) is 12.8 Å². The lowest BCUT2D eigenvalue weighted by Crippen LogP contribution is -2.11. The smallest absolute Gasteiger partial charge is 0.434 e. The minimum Gasteiger partial charge on any atom is -0.434 e. The Morgan fingerprint density at radius 2 is 1.44 bits per heavy atom. The summed E-state index contributed by atoms with van der Waals surface area (Å²) < 4.78 is 10.3. The van der Waals surface area contributed by atoms with E-state index in [1.165, 1.54) is 30.4 Å². The maximum Gasteiger partial charge on any atom is 0.513 e. The van der Waals surface area contributed by atoms with Crippen molar-refractivity contribution in [1.82, 2.24) is 0 Å². The minimum atomic E-state index is -0.626. The second kappa shape index (κ2) is 11.3. The van der Waals surface area contributed by atoms with Crippen LogP contribution in [0.2, 0.25) is 0 Å². The molecule has 0 unspecified atom stereocenters. The number of hydrogen-bond acceptors (Lipinski definition) is 3. The van der Waals surface area contributed by atoms with Gasteiger partial charge in [-0.1, -0.05) is 62.2 Å². The number of rotatable bonds is 10. The van der Waals surface area contributed by atoms with Crippen LogP contribution in [0.4, 0.5) is 4.79 Å². The van der Waals surface area contributed by atoms with Gasteiger partial charge in [-0.3, -0.25) is 0 Å². The molecule has 0 aliphatic carbocycles. The molecule has 0 saturated carbocycles. The van der Waals surface area contributed by atoms with E-state index < -0.39 is 6.16 Å². The first-order valence-electron chi connectivity index (χ1n) is 9.25. The molecule has 3 nitrogen and oxygen atoms in total. The molecule has 0 bridgehead atoms. The minimum absolute atomic E-state index is 0.390. The van der Waals surface area contributed by atoms with Crippen LogP contribution in [-0.2, 0) is 17.6 Å². The molecule has 0 radical (unpaired) electrons. The predicted octanol–water partition coefficient (Wildman–Crippen LogP) is 5.96. The molecule has 2 aromatic carbocycles. The van der Waals surface area contributed by atoms with Crippen molar-refractivity contribution in [1.29, 1.82) is 0 Å². The van der Waals surface area contributed by atoms with Gasteiger partial charge in [0, 0.05) is 0 Å². The maximum absolute atomic E-state index is 11.7.